The van der Waals surface area contributed by atoms with Crippen LogP contribution in [0.5, 0.6) is 0 Å². The predicted octanol–water partition coefficient (Wildman–Crippen LogP) is 4.12. The zero-order valence-corrected chi connectivity index (χ0v) is 12.1. The lowest BCUT2D eigenvalue weighted by Gasteiger charge is -2.25. The van der Waals surface area contributed by atoms with Gasteiger partial charge in [0.05, 0.1) is 17.5 Å². The second-order valence-electron chi connectivity index (χ2n) is 5.58. The van der Waals surface area contributed by atoms with Crippen LogP contribution in [0.25, 0.3) is 10.9 Å². The normalized spacial score (nSPS) is 12.9. The Labute approximate surface area is 119 Å². The number of allylic oxidation sites excluding steroid dienone is 1. The van der Waals surface area contributed by atoms with Crippen LogP contribution in [0.3, 0.4) is 0 Å². The van der Waals surface area contributed by atoms with Crippen molar-refractivity contribution in [3.8, 4) is 6.07 Å². The maximum absolute atomic E-state index is 11.8. The van der Waals surface area contributed by atoms with Crippen molar-refractivity contribution in [3.63, 3.8) is 0 Å². The van der Waals surface area contributed by atoms with Gasteiger partial charge in [-0.25, -0.2) is 0 Å². The first kappa shape index (κ1) is 14.1. The number of nitriles is 1. The Morgan fingerprint density at radius 1 is 1.45 bits per heavy atom. The third kappa shape index (κ3) is 2.14. The van der Waals surface area contributed by atoms with Crippen molar-refractivity contribution in [3.05, 3.63) is 48.7 Å². The molecule has 0 saturated carbocycles. The van der Waals surface area contributed by atoms with Gasteiger partial charge in [0.15, 0.2) is 0 Å². The van der Waals surface area contributed by atoms with E-state index in [-0.39, 0.29) is 17.2 Å². The van der Waals surface area contributed by atoms with Crippen LogP contribution in [0.4, 0.5) is 0 Å². The van der Waals surface area contributed by atoms with Crippen LogP contribution in [0.1, 0.15) is 37.0 Å². The Morgan fingerprint density at radius 3 is 2.65 bits per heavy atom. The Hall–Kier alpha value is -2.34. The van der Waals surface area contributed by atoms with Gasteiger partial charge in [-0.3, -0.25) is 9.36 Å². The van der Waals surface area contributed by atoms with Gasteiger partial charge in [-0.05, 0) is 11.6 Å². The zero-order valence-electron chi connectivity index (χ0n) is 12.1. The molecule has 1 atom stereocenters. The maximum atomic E-state index is 11.8. The average Bonchev–Trinajstić information content (AvgIpc) is 2.79. The highest BCUT2D eigenvalue weighted by Gasteiger charge is 2.30. The van der Waals surface area contributed by atoms with Gasteiger partial charge in [0.1, 0.15) is 0 Å². The van der Waals surface area contributed by atoms with E-state index in [1.165, 1.54) is 6.92 Å². The summed E-state index contributed by atoms with van der Waals surface area (Å²) in [5, 5.41) is 10.5. The van der Waals surface area contributed by atoms with Gasteiger partial charge < -0.3 is 0 Å². The molecule has 1 aromatic heterocycles. The van der Waals surface area contributed by atoms with Crippen molar-refractivity contribution in [2.45, 2.75) is 26.7 Å². The minimum absolute atomic E-state index is 0.0550. The number of hydrogen-bond donors (Lipinski definition) is 0. The molecule has 0 N–H and O–H groups in total. The molecule has 3 heteroatoms. The van der Waals surface area contributed by atoms with E-state index in [0.29, 0.717) is 0 Å². The van der Waals surface area contributed by atoms with Crippen molar-refractivity contribution in [1.29, 1.82) is 5.26 Å². The fraction of sp³-hybridized carbons (Fsp3) is 0.294. The number of fused-ring (bicyclic) bond motifs is 1. The van der Waals surface area contributed by atoms with Crippen LogP contribution in [-0.2, 0) is 0 Å². The molecule has 0 amide bonds. The van der Waals surface area contributed by atoms with Crippen LogP contribution in [0, 0.1) is 16.7 Å². The van der Waals surface area contributed by atoms with Gasteiger partial charge in [-0.2, -0.15) is 5.26 Å². The number of para-hydroxylation sites is 1. The van der Waals surface area contributed by atoms with E-state index in [2.05, 4.69) is 12.6 Å². The lowest BCUT2D eigenvalue weighted by atomic mass is 9.76. The van der Waals surface area contributed by atoms with Crippen molar-refractivity contribution in [1.82, 2.24) is 4.57 Å². The van der Waals surface area contributed by atoms with Crippen LogP contribution >= 0.6 is 0 Å². The third-order valence-corrected chi connectivity index (χ3v) is 3.79. The molecule has 20 heavy (non-hydrogen) atoms. The monoisotopic (exact) mass is 266 g/mol. The molecular weight excluding hydrogens is 248 g/mol. The molecule has 1 heterocycles. The number of carbonyl (C=O) groups is 1. The molecule has 2 rings (SSSR count). The van der Waals surface area contributed by atoms with Gasteiger partial charge in [-0.15, -0.1) is 6.58 Å². The quantitative estimate of drug-likeness (QED) is 0.784. The van der Waals surface area contributed by atoms with E-state index in [1.807, 2.05) is 38.1 Å². The molecule has 0 spiro atoms. The number of hydrogen-bond acceptors (Lipinski definition) is 2. The standard InChI is InChI=1S/C17H18N2O/c1-5-17(3,4)15(10-18)14-11-19(12(2)20)16-9-7-6-8-13(14)16/h5-9,11,15H,1H2,2-4H3. The van der Waals surface area contributed by atoms with Gasteiger partial charge in [0.25, 0.3) is 0 Å². The maximum Gasteiger partial charge on any atom is 0.227 e. The van der Waals surface area contributed by atoms with Gasteiger partial charge in [-0.1, -0.05) is 38.1 Å². The Bertz CT molecular complexity index is 716. The summed E-state index contributed by atoms with van der Waals surface area (Å²) in [5.41, 5.74) is 1.36. The summed E-state index contributed by atoms with van der Waals surface area (Å²) in [6, 6.07) is 10.0. The van der Waals surface area contributed by atoms with E-state index < -0.39 is 0 Å². The molecule has 0 bridgehead atoms. The first-order chi connectivity index (χ1) is 9.42. The number of aromatic nitrogens is 1. The zero-order chi connectivity index (χ0) is 14.9. The highest BCUT2D eigenvalue weighted by atomic mass is 16.1. The number of rotatable bonds is 3. The van der Waals surface area contributed by atoms with Crippen LogP contribution in [0.15, 0.2) is 43.1 Å². The fourth-order valence-corrected chi connectivity index (χ4v) is 2.45. The van der Waals surface area contributed by atoms with E-state index >= 15 is 0 Å². The smallest absolute Gasteiger partial charge is 0.227 e. The van der Waals surface area contributed by atoms with E-state index in [1.54, 1.807) is 16.8 Å². The van der Waals surface area contributed by atoms with Crippen molar-refractivity contribution in [2.75, 3.05) is 0 Å². The summed E-state index contributed by atoms with van der Waals surface area (Å²) >= 11 is 0. The average molecular weight is 266 g/mol. The number of nitrogens with zero attached hydrogens (tertiary/aromatic N) is 2. The largest absolute Gasteiger partial charge is 0.287 e. The summed E-state index contributed by atoms with van der Waals surface area (Å²) < 4.78 is 1.61. The summed E-state index contributed by atoms with van der Waals surface area (Å²) in [4.78, 5) is 11.8. The predicted molar refractivity (Wildman–Crippen MR) is 80.6 cm³/mol. The molecule has 102 valence electrons. The van der Waals surface area contributed by atoms with Crippen LogP contribution in [-0.4, -0.2) is 10.5 Å². The summed E-state index contributed by atoms with van der Waals surface area (Å²) in [6.45, 7) is 9.31. The third-order valence-electron chi connectivity index (χ3n) is 3.79. The molecule has 0 saturated heterocycles. The summed E-state index contributed by atoms with van der Waals surface area (Å²) in [6.07, 6.45) is 3.58. The van der Waals surface area contributed by atoms with Gasteiger partial charge in [0, 0.05) is 23.9 Å². The minimum Gasteiger partial charge on any atom is -0.287 e. The summed E-state index contributed by atoms with van der Waals surface area (Å²) in [5.74, 6) is -0.397. The van der Waals surface area contributed by atoms with Crippen molar-refractivity contribution < 1.29 is 4.79 Å². The first-order valence-electron chi connectivity index (χ1n) is 6.56. The molecule has 0 radical (unpaired) electrons. The first-order valence-corrected chi connectivity index (χ1v) is 6.56. The fourth-order valence-electron chi connectivity index (χ4n) is 2.45. The lowest BCUT2D eigenvalue weighted by molar-refractivity contribution is 0.0941. The topological polar surface area (TPSA) is 45.8 Å². The van der Waals surface area contributed by atoms with Gasteiger partial charge >= 0.3 is 0 Å². The number of carbonyl (C=O) groups excluding carboxylic acids is 1. The minimum atomic E-state index is -0.361. The highest BCUT2D eigenvalue weighted by Crippen LogP contribution is 2.39. The molecule has 0 aliphatic heterocycles. The molecule has 2 aromatic rings. The second-order valence-corrected chi connectivity index (χ2v) is 5.58. The molecule has 1 unspecified atom stereocenters. The lowest BCUT2D eigenvalue weighted by Crippen LogP contribution is -2.18. The highest BCUT2D eigenvalue weighted by molar-refractivity contribution is 5.94. The van der Waals surface area contributed by atoms with Crippen molar-refractivity contribution in [2.24, 2.45) is 5.41 Å². The van der Waals surface area contributed by atoms with Crippen LogP contribution < -0.4 is 0 Å². The second kappa shape index (κ2) is 4.97. The number of benzene rings is 1. The SMILES string of the molecule is C=CC(C)(C)C(C#N)c1cn(C(C)=O)c2ccccc12. The van der Waals surface area contributed by atoms with Crippen molar-refractivity contribution >= 4 is 16.8 Å². The summed E-state index contributed by atoms with van der Waals surface area (Å²) in [7, 11) is 0. The van der Waals surface area contributed by atoms with E-state index in [9.17, 15) is 10.1 Å². The molecule has 0 fully saturated rings. The molecule has 0 aliphatic carbocycles. The van der Waals surface area contributed by atoms with Crippen LogP contribution in [0.2, 0.25) is 0 Å². The van der Waals surface area contributed by atoms with E-state index in [0.717, 1.165) is 16.5 Å². The molecular formula is C17H18N2O. The molecule has 0 aliphatic rings. The Morgan fingerprint density at radius 2 is 2.10 bits per heavy atom. The molecule has 1 aromatic carbocycles. The Kier molecular flexibility index (Phi) is 3.50. The molecule has 3 nitrogen and oxygen atoms in total. The van der Waals surface area contributed by atoms with E-state index in [4.69, 9.17) is 0 Å². The van der Waals surface area contributed by atoms with Gasteiger partial charge in [0.2, 0.25) is 5.91 Å². The Balaban J connectivity index is 2.75.